The molecule has 0 aromatic heterocycles. The summed E-state index contributed by atoms with van der Waals surface area (Å²) < 4.78 is 5.05. The molecule has 0 unspecified atom stereocenters. The number of anilines is 1. The molecule has 0 aliphatic carbocycles. The fraction of sp³-hybridized carbons (Fsp3) is 0.222. The molecule has 2 N–H and O–H groups in total. The van der Waals surface area contributed by atoms with E-state index >= 15 is 0 Å². The molecular formula is C18H19N3O5. The average molecular weight is 357 g/mol. The second kappa shape index (κ2) is 9.77. The third kappa shape index (κ3) is 6.23. The highest BCUT2D eigenvalue weighted by molar-refractivity contribution is 5.82. The number of benzene rings is 2. The van der Waals surface area contributed by atoms with E-state index < -0.39 is 10.9 Å². The lowest BCUT2D eigenvalue weighted by Gasteiger charge is -2.08. The van der Waals surface area contributed by atoms with Gasteiger partial charge in [0.25, 0.3) is 5.69 Å². The molecule has 26 heavy (non-hydrogen) atoms. The number of nitro groups is 1. The molecule has 2 aromatic rings. The van der Waals surface area contributed by atoms with E-state index in [1.807, 2.05) is 30.3 Å². The average Bonchev–Trinajstić information content (AvgIpc) is 2.66. The number of hydrogen-bond donors (Lipinski definition) is 2. The van der Waals surface area contributed by atoms with E-state index in [-0.39, 0.29) is 37.7 Å². The number of nitrogens with zero attached hydrogens (tertiary/aromatic N) is 1. The maximum absolute atomic E-state index is 11.7. The van der Waals surface area contributed by atoms with Crippen molar-refractivity contribution < 1.29 is 19.2 Å². The molecule has 0 bridgehead atoms. The van der Waals surface area contributed by atoms with Crippen LogP contribution in [-0.2, 0) is 20.9 Å². The molecular weight excluding hydrogens is 338 g/mol. The first-order valence-electron chi connectivity index (χ1n) is 8.00. The molecule has 2 aromatic carbocycles. The second-order valence-corrected chi connectivity index (χ2v) is 5.37. The first-order valence-corrected chi connectivity index (χ1v) is 8.00. The molecule has 0 saturated heterocycles. The summed E-state index contributed by atoms with van der Waals surface area (Å²) in [6.45, 7) is 0.127. The molecule has 136 valence electrons. The van der Waals surface area contributed by atoms with Gasteiger partial charge in [-0.25, -0.2) is 0 Å². The summed E-state index contributed by atoms with van der Waals surface area (Å²) in [6, 6.07) is 15.4. The molecule has 8 heteroatoms. The van der Waals surface area contributed by atoms with Crippen LogP contribution in [-0.4, -0.2) is 29.9 Å². The van der Waals surface area contributed by atoms with Gasteiger partial charge < -0.3 is 15.4 Å². The molecule has 0 spiro atoms. The second-order valence-electron chi connectivity index (χ2n) is 5.37. The van der Waals surface area contributed by atoms with Gasteiger partial charge in [0, 0.05) is 19.0 Å². The summed E-state index contributed by atoms with van der Waals surface area (Å²) in [6.07, 6.45) is 0.0675. The van der Waals surface area contributed by atoms with Crippen molar-refractivity contribution in [2.24, 2.45) is 0 Å². The van der Waals surface area contributed by atoms with Gasteiger partial charge in [-0.05, 0) is 11.6 Å². The van der Waals surface area contributed by atoms with Crippen molar-refractivity contribution in [3.05, 3.63) is 70.3 Å². The van der Waals surface area contributed by atoms with Crippen LogP contribution in [0.4, 0.5) is 11.4 Å². The van der Waals surface area contributed by atoms with Crippen LogP contribution < -0.4 is 10.6 Å². The third-order valence-corrected chi connectivity index (χ3v) is 3.44. The Kier molecular flexibility index (Phi) is 7.11. The van der Waals surface area contributed by atoms with Crippen LogP contribution in [0.15, 0.2) is 54.6 Å². The molecule has 8 nitrogen and oxygen atoms in total. The molecule has 0 aliphatic heterocycles. The van der Waals surface area contributed by atoms with Crippen LogP contribution >= 0.6 is 0 Å². The minimum Gasteiger partial charge on any atom is -0.460 e. The Balaban J connectivity index is 1.66. The predicted molar refractivity (Wildman–Crippen MR) is 95.5 cm³/mol. The SMILES string of the molecule is O=C(CCNc1ccccc1[N+](=O)[O-])NCC(=O)OCc1ccccc1. The van der Waals surface area contributed by atoms with Crippen LogP contribution in [0.2, 0.25) is 0 Å². The van der Waals surface area contributed by atoms with Crippen molar-refractivity contribution in [2.75, 3.05) is 18.4 Å². The number of carbonyl (C=O) groups excluding carboxylic acids is 2. The Bertz CT molecular complexity index is 764. The van der Waals surface area contributed by atoms with Crippen molar-refractivity contribution >= 4 is 23.3 Å². The molecule has 0 aliphatic rings. The van der Waals surface area contributed by atoms with Crippen LogP contribution in [0.3, 0.4) is 0 Å². The zero-order valence-electron chi connectivity index (χ0n) is 14.0. The number of rotatable bonds is 9. The topological polar surface area (TPSA) is 111 Å². The van der Waals surface area contributed by atoms with Gasteiger partial charge in [0.15, 0.2) is 0 Å². The standard InChI is InChI=1S/C18H19N3O5/c22-17(10-11-19-15-8-4-5-9-16(15)21(24)25)20-12-18(23)26-13-14-6-2-1-3-7-14/h1-9,19H,10-13H2,(H,20,22). The Morgan fingerprint density at radius 3 is 2.46 bits per heavy atom. The molecule has 0 heterocycles. The minimum atomic E-state index is -0.533. The van der Waals surface area contributed by atoms with Gasteiger partial charge in [-0.2, -0.15) is 0 Å². The Labute approximate surface area is 150 Å². The number of esters is 1. The summed E-state index contributed by atoms with van der Waals surface area (Å²) in [7, 11) is 0. The number of hydrogen-bond acceptors (Lipinski definition) is 6. The van der Waals surface area contributed by atoms with Crippen LogP contribution in [0.1, 0.15) is 12.0 Å². The largest absolute Gasteiger partial charge is 0.460 e. The van der Waals surface area contributed by atoms with Gasteiger partial charge in [-0.1, -0.05) is 42.5 Å². The maximum Gasteiger partial charge on any atom is 0.325 e. The van der Waals surface area contributed by atoms with Crippen LogP contribution in [0.5, 0.6) is 0 Å². The molecule has 2 rings (SSSR count). The lowest BCUT2D eigenvalue weighted by molar-refractivity contribution is -0.384. The Morgan fingerprint density at radius 1 is 1.04 bits per heavy atom. The summed E-state index contributed by atoms with van der Waals surface area (Å²) >= 11 is 0. The van der Waals surface area contributed by atoms with Crippen molar-refractivity contribution in [1.82, 2.24) is 5.32 Å². The summed E-state index contributed by atoms with van der Waals surface area (Å²) in [5, 5.41) is 16.2. The van der Waals surface area contributed by atoms with Gasteiger partial charge in [-0.3, -0.25) is 19.7 Å². The van der Waals surface area contributed by atoms with Gasteiger partial charge in [0.2, 0.25) is 5.91 Å². The highest BCUT2D eigenvalue weighted by Crippen LogP contribution is 2.22. The van der Waals surface area contributed by atoms with Crippen molar-refractivity contribution in [3.8, 4) is 0 Å². The van der Waals surface area contributed by atoms with E-state index in [4.69, 9.17) is 4.74 Å². The number of ether oxygens (including phenoxy) is 1. The number of amides is 1. The van der Waals surface area contributed by atoms with Crippen molar-refractivity contribution in [1.29, 1.82) is 0 Å². The summed E-state index contributed by atoms with van der Waals surface area (Å²) in [4.78, 5) is 33.7. The number of nitrogens with one attached hydrogen (secondary N) is 2. The van der Waals surface area contributed by atoms with Gasteiger partial charge in [-0.15, -0.1) is 0 Å². The monoisotopic (exact) mass is 357 g/mol. The van der Waals surface area contributed by atoms with Gasteiger partial charge >= 0.3 is 5.97 Å². The van der Waals surface area contributed by atoms with Gasteiger partial charge in [0.1, 0.15) is 18.8 Å². The Morgan fingerprint density at radius 2 is 1.73 bits per heavy atom. The number of carbonyl (C=O) groups is 2. The van der Waals surface area contributed by atoms with E-state index in [2.05, 4.69) is 10.6 Å². The van der Waals surface area contributed by atoms with E-state index in [1.165, 1.54) is 6.07 Å². The molecule has 0 fully saturated rings. The highest BCUT2D eigenvalue weighted by Gasteiger charge is 2.12. The van der Waals surface area contributed by atoms with Gasteiger partial charge in [0.05, 0.1) is 4.92 Å². The fourth-order valence-electron chi connectivity index (χ4n) is 2.14. The molecule has 1 amide bonds. The fourth-order valence-corrected chi connectivity index (χ4v) is 2.14. The van der Waals surface area contributed by atoms with Crippen molar-refractivity contribution in [3.63, 3.8) is 0 Å². The minimum absolute atomic E-state index is 0.0580. The number of nitro benzene ring substituents is 1. The van der Waals surface area contributed by atoms with E-state index in [0.29, 0.717) is 5.69 Å². The predicted octanol–water partition coefficient (Wildman–Crippen LogP) is 2.26. The van der Waals surface area contributed by atoms with Crippen molar-refractivity contribution in [2.45, 2.75) is 13.0 Å². The molecule has 0 radical (unpaired) electrons. The first kappa shape index (κ1) is 18.9. The highest BCUT2D eigenvalue weighted by atomic mass is 16.6. The summed E-state index contributed by atoms with van der Waals surface area (Å²) in [5.41, 5.74) is 1.14. The zero-order chi connectivity index (χ0) is 18.8. The lowest BCUT2D eigenvalue weighted by atomic mass is 10.2. The molecule has 0 saturated carbocycles. The zero-order valence-corrected chi connectivity index (χ0v) is 14.0. The van der Waals surface area contributed by atoms with E-state index in [0.717, 1.165) is 5.56 Å². The smallest absolute Gasteiger partial charge is 0.325 e. The normalized spacial score (nSPS) is 10.0. The number of para-hydroxylation sites is 2. The third-order valence-electron chi connectivity index (χ3n) is 3.44. The maximum atomic E-state index is 11.7. The van der Waals surface area contributed by atoms with E-state index in [9.17, 15) is 19.7 Å². The quantitative estimate of drug-likeness (QED) is 0.405. The summed E-state index contributed by atoms with van der Waals surface area (Å²) in [5.74, 6) is -0.887. The van der Waals surface area contributed by atoms with Crippen LogP contribution in [0, 0.1) is 10.1 Å². The first-order chi connectivity index (χ1) is 12.6. The molecule has 0 atom stereocenters. The Hall–Kier alpha value is -3.42. The van der Waals surface area contributed by atoms with Crippen LogP contribution in [0.25, 0.3) is 0 Å². The lowest BCUT2D eigenvalue weighted by Crippen LogP contribution is -2.31. The van der Waals surface area contributed by atoms with E-state index in [1.54, 1.807) is 18.2 Å².